The Morgan fingerprint density at radius 3 is 2.48 bits per heavy atom. The summed E-state index contributed by atoms with van der Waals surface area (Å²) in [5.41, 5.74) is 3.43. The highest BCUT2D eigenvalue weighted by Gasteiger charge is 2.11. The van der Waals surface area contributed by atoms with Crippen LogP contribution in [-0.2, 0) is 6.54 Å². The van der Waals surface area contributed by atoms with Crippen LogP contribution in [0.25, 0.3) is 0 Å². The maximum atomic E-state index is 10.3. The molecule has 0 saturated heterocycles. The van der Waals surface area contributed by atoms with Crippen LogP contribution in [0, 0.1) is 6.92 Å². The summed E-state index contributed by atoms with van der Waals surface area (Å²) in [6.45, 7) is 3.52. The van der Waals surface area contributed by atoms with Crippen LogP contribution in [-0.4, -0.2) is 30.7 Å². The third-order valence-corrected chi connectivity index (χ3v) is 3.52. The summed E-state index contributed by atoms with van der Waals surface area (Å²) < 4.78 is 5.13. The van der Waals surface area contributed by atoms with Crippen molar-refractivity contribution in [3.8, 4) is 5.75 Å². The molecule has 0 aliphatic rings. The smallest absolute Gasteiger partial charge is 0.118 e. The Balaban J connectivity index is 1.93. The topological polar surface area (TPSA) is 32.7 Å². The quantitative estimate of drug-likeness (QED) is 0.885. The molecule has 3 heteroatoms. The van der Waals surface area contributed by atoms with E-state index in [2.05, 4.69) is 36.1 Å². The van der Waals surface area contributed by atoms with Crippen LogP contribution in [0.5, 0.6) is 5.75 Å². The number of aliphatic hydroxyl groups is 1. The predicted molar refractivity (Wildman–Crippen MR) is 85.5 cm³/mol. The molecule has 3 nitrogen and oxygen atoms in total. The van der Waals surface area contributed by atoms with Crippen LogP contribution in [0.1, 0.15) is 22.8 Å². The van der Waals surface area contributed by atoms with Crippen LogP contribution in [0.4, 0.5) is 0 Å². The molecular formula is C18H23NO2. The highest BCUT2D eigenvalue weighted by atomic mass is 16.5. The molecule has 0 bridgehead atoms. The van der Waals surface area contributed by atoms with Crippen molar-refractivity contribution in [3.05, 3.63) is 65.2 Å². The number of aryl methyl sites for hydroxylation is 1. The molecule has 0 heterocycles. The van der Waals surface area contributed by atoms with Gasteiger partial charge in [-0.2, -0.15) is 0 Å². The van der Waals surface area contributed by atoms with E-state index in [9.17, 15) is 5.11 Å². The van der Waals surface area contributed by atoms with Gasteiger partial charge in [-0.15, -0.1) is 0 Å². The molecule has 2 rings (SSSR count). The van der Waals surface area contributed by atoms with Gasteiger partial charge in [0.15, 0.2) is 0 Å². The number of benzene rings is 2. The monoisotopic (exact) mass is 285 g/mol. The van der Waals surface area contributed by atoms with Crippen molar-refractivity contribution in [1.82, 2.24) is 4.90 Å². The van der Waals surface area contributed by atoms with Gasteiger partial charge in [-0.05, 0) is 37.2 Å². The summed E-state index contributed by atoms with van der Waals surface area (Å²) in [7, 11) is 3.66. The first-order chi connectivity index (χ1) is 10.1. The standard InChI is InChI=1S/C18H23NO2/c1-14-5-4-6-15(11-14)12-19(2)13-18(20)16-7-9-17(21-3)10-8-16/h4-11,18,20H,12-13H2,1-3H3. The Morgan fingerprint density at radius 2 is 1.86 bits per heavy atom. The molecule has 1 unspecified atom stereocenters. The second-order valence-electron chi connectivity index (χ2n) is 5.47. The zero-order valence-corrected chi connectivity index (χ0v) is 12.9. The van der Waals surface area contributed by atoms with Crippen molar-refractivity contribution in [2.75, 3.05) is 20.7 Å². The predicted octanol–water partition coefficient (Wildman–Crippen LogP) is 3.17. The molecule has 0 saturated carbocycles. The van der Waals surface area contributed by atoms with Crippen LogP contribution in [0.15, 0.2) is 48.5 Å². The summed E-state index contributed by atoms with van der Waals surface area (Å²) in [5.74, 6) is 0.805. The van der Waals surface area contributed by atoms with Crippen molar-refractivity contribution < 1.29 is 9.84 Å². The molecular weight excluding hydrogens is 262 g/mol. The van der Waals surface area contributed by atoms with Gasteiger partial charge in [0.05, 0.1) is 13.2 Å². The van der Waals surface area contributed by atoms with Crippen molar-refractivity contribution in [3.63, 3.8) is 0 Å². The van der Waals surface area contributed by atoms with E-state index in [1.165, 1.54) is 11.1 Å². The van der Waals surface area contributed by atoms with E-state index >= 15 is 0 Å². The first-order valence-electron chi connectivity index (χ1n) is 7.14. The van der Waals surface area contributed by atoms with E-state index in [0.29, 0.717) is 6.54 Å². The number of ether oxygens (including phenoxy) is 1. The number of aliphatic hydroxyl groups excluding tert-OH is 1. The third kappa shape index (κ3) is 4.59. The normalized spacial score (nSPS) is 12.4. The van der Waals surface area contributed by atoms with Crippen LogP contribution in [0.3, 0.4) is 0 Å². The molecule has 0 fully saturated rings. The minimum Gasteiger partial charge on any atom is -0.497 e. The maximum absolute atomic E-state index is 10.3. The Kier molecular flexibility index (Phi) is 5.37. The molecule has 21 heavy (non-hydrogen) atoms. The number of hydrogen-bond acceptors (Lipinski definition) is 3. The van der Waals surface area contributed by atoms with Gasteiger partial charge in [-0.1, -0.05) is 42.0 Å². The Hall–Kier alpha value is -1.84. The molecule has 0 aromatic heterocycles. The summed E-state index contributed by atoms with van der Waals surface area (Å²) in [4.78, 5) is 2.13. The Bertz CT molecular complexity index is 566. The molecule has 0 aliphatic carbocycles. The molecule has 0 amide bonds. The molecule has 2 aromatic rings. The van der Waals surface area contributed by atoms with Gasteiger partial charge in [0.25, 0.3) is 0 Å². The average molecular weight is 285 g/mol. The highest BCUT2D eigenvalue weighted by Crippen LogP contribution is 2.19. The van der Waals surface area contributed by atoms with Crippen LogP contribution < -0.4 is 4.74 Å². The van der Waals surface area contributed by atoms with Gasteiger partial charge in [0, 0.05) is 13.1 Å². The first kappa shape index (κ1) is 15.5. The molecule has 1 N–H and O–H groups in total. The fraction of sp³-hybridized carbons (Fsp3) is 0.333. The number of nitrogens with zero attached hydrogens (tertiary/aromatic N) is 1. The lowest BCUT2D eigenvalue weighted by molar-refractivity contribution is 0.124. The van der Waals surface area contributed by atoms with Gasteiger partial charge < -0.3 is 9.84 Å². The van der Waals surface area contributed by atoms with Crippen LogP contribution >= 0.6 is 0 Å². The third-order valence-electron chi connectivity index (χ3n) is 3.52. The van der Waals surface area contributed by atoms with E-state index in [1.807, 2.05) is 31.3 Å². The first-order valence-corrected chi connectivity index (χ1v) is 7.14. The van der Waals surface area contributed by atoms with Crippen LogP contribution in [0.2, 0.25) is 0 Å². The zero-order chi connectivity index (χ0) is 15.2. The van der Waals surface area contributed by atoms with Crippen molar-refractivity contribution >= 4 is 0 Å². The molecule has 1 atom stereocenters. The number of methoxy groups -OCH3 is 1. The highest BCUT2D eigenvalue weighted by molar-refractivity contribution is 5.28. The number of rotatable bonds is 6. The zero-order valence-electron chi connectivity index (χ0n) is 12.9. The second-order valence-corrected chi connectivity index (χ2v) is 5.47. The Morgan fingerprint density at radius 1 is 1.14 bits per heavy atom. The van der Waals surface area contributed by atoms with Gasteiger partial charge in [-0.25, -0.2) is 0 Å². The summed E-state index contributed by atoms with van der Waals surface area (Å²) in [6, 6.07) is 16.0. The lowest BCUT2D eigenvalue weighted by Crippen LogP contribution is -2.24. The summed E-state index contributed by atoms with van der Waals surface area (Å²) in [5, 5.41) is 10.3. The van der Waals surface area contributed by atoms with E-state index in [4.69, 9.17) is 4.74 Å². The minimum absolute atomic E-state index is 0.495. The van der Waals surface area contributed by atoms with Gasteiger partial charge >= 0.3 is 0 Å². The number of likely N-dealkylation sites (N-methyl/N-ethyl adjacent to an activating group) is 1. The molecule has 0 radical (unpaired) electrons. The molecule has 0 spiro atoms. The van der Waals surface area contributed by atoms with Gasteiger partial charge in [-0.3, -0.25) is 4.90 Å². The Labute approximate surface area is 126 Å². The van der Waals surface area contributed by atoms with E-state index in [1.54, 1.807) is 7.11 Å². The second kappa shape index (κ2) is 7.25. The average Bonchev–Trinajstić information content (AvgIpc) is 2.47. The lowest BCUT2D eigenvalue weighted by atomic mass is 10.1. The SMILES string of the molecule is COc1ccc(C(O)CN(C)Cc2cccc(C)c2)cc1. The molecule has 0 aliphatic heterocycles. The summed E-state index contributed by atoms with van der Waals surface area (Å²) >= 11 is 0. The van der Waals surface area contributed by atoms with Crippen molar-refractivity contribution in [1.29, 1.82) is 0 Å². The van der Waals surface area contributed by atoms with E-state index < -0.39 is 6.10 Å². The van der Waals surface area contributed by atoms with Gasteiger partial charge in [0.2, 0.25) is 0 Å². The largest absolute Gasteiger partial charge is 0.497 e. The van der Waals surface area contributed by atoms with E-state index in [0.717, 1.165) is 17.9 Å². The maximum Gasteiger partial charge on any atom is 0.118 e. The molecule has 2 aromatic carbocycles. The molecule has 112 valence electrons. The van der Waals surface area contributed by atoms with Crippen molar-refractivity contribution in [2.45, 2.75) is 19.6 Å². The van der Waals surface area contributed by atoms with Gasteiger partial charge in [0.1, 0.15) is 5.75 Å². The summed E-state index contributed by atoms with van der Waals surface area (Å²) in [6.07, 6.45) is -0.495. The number of hydrogen-bond donors (Lipinski definition) is 1. The fourth-order valence-corrected chi connectivity index (χ4v) is 2.41. The van der Waals surface area contributed by atoms with E-state index in [-0.39, 0.29) is 0 Å². The lowest BCUT2D eigenvalue weighted by Gasteiger charge is -2.21. The minimum atomic E-state index is -0.495. The fourth-order valence-electron chi connectivity index (χ4n) is 2.41. The van der Waals surface area contributed by atoms with Crippen molar-refractivity contribution in [2.24, 2.45) is 0 Å².